The maximum atomic E-state index is 12.4. The van der Waals surface area contributed by atoms with Crippen LogP contribution < -0.4 is 15.5 Å². The number of unbranched alkanes of at least 4 members (excludes halogenated alkanes) is 4. The Labute approximate surface area is 343 Å². The molecule has 1 aliphatic carbocycles. The number of hydrogen-bond donors (Lipinski definition) is 2. The van der Waals surface area contributed by atoms with Crippen LogP contribution in [0.1, 0.15) is 145 Å². The molecule has 1 saturated carbocycles. The average molecular weight is 783 g/mol. The van der Waals surface area contributed by atoms with Gasteiger partial charge in [-0.3, -0.25) is 9.59 Å². The van der Waals surface area contributed by atoms with Gasteiger partial charge in [0.2, 0.25) is 17.5 Å². The van der Waals surface area contributed by atoms with Gasteiger partial charge in [-0.25, -0.2) is 0 Å². The van der Waals surface area contributed by atoms with Crippen LogP contribution in [0.5, 0.6) is 0 Å². The van der Waals surface area contributed by atoms with Gasteiger partial charge in [-0.1, -0.05) is 74.4 Å². The molecule has 2 amide bonds. The Balaban J connectivity index is 1.27. The molecule has 5 rings (SSSR count). The van der Waals surface area contributed by atoms with Gasteiger partial charge < -0.3 is 15.5 Å². The van der Waals surface area contributed by atoms with Gasteiger partial charge in [-0.05, 0) is 118 Å². The number of amides is 2. The molecular formula is C49H70ClN4O2+. The lowest BCUT2D eigenvalue weighted by Gasteiger charge is -2.27. The minimum atomic E-state index is -0.192. The molecule has 2 aromatic rings. The molecule has 56 heavy (non-hydrogen) atoms. The van der Waals surface area contributed by atoms with Gasteiger partial charge in [0.05, 0.1) is 10.8 Å². The van der Waals surface area contributed by atoms with Gasteiger partial charge in [0.15, 0.2) is 5.71 Å². The average Bonchev–Trinajstić information content (AvgIpc) is 3.64. The number of nitrogens with zero attached hydrogens (tertiary/aromatic N) is 2. The fourth-order valence-corrected chi connectivity index (χ4v) is 9.24. The highest BCUT2D eigenvalue weighted by atomic mass is 35.5. The van der Waals surface area contributed by atoms with Crippen LogP contribution >= 0.6 is 11.6 Å². The van der Waals surface area contributed by atoms with E-state index in [-0.39, 0.29) is 45.0 Å². The van der Waals surface area contributed by atoms with E-state index in [1.165, 1.54) is 39.5 Å². The topological polar surface area (TPSA) is 64.5 Å². The van der Waals surface area contributed by atoms with Crippen molar-refractivity contribution in [2.24, 2.45) is 5.92 Å². The van der Waals surface area contributed by atoms with Crippen molar-refractivity contribution in [2.45, 2.75) is 161 Å². The standard InChI is InChI=1S/C49H69ClN4O2/c1-46(2,3)51-43(55)25-13-11-19-33-53-39-23-17-15-21-37(39)48(7,8)41(53)31-29-35-27-28-36(45(35)50)30-32-42-49(9,10)38-22-16-18-24-40(38)54(42)34-20-12-14-26-44(56)52-47(4,5)6/h15-18,21-24,29-32,35,45H,11-14,19-20,25-28,33-34H2,1-10H3,(H-,51,52,55,56)/p+1/b31-29+,36-30+,42-32+. The molecule has 2 atom stereocenters. The van der Waals surface area contributed by atoms with Gasteiger partial charge in [0.1, 0.15) is 6.54 Å². The summed E-state index contributed by atoms with van der Waals surface area (Å²) < 4.78 is 2.51. The van der Waals surface area contributed by atoms with E-state index in [0.717, 1.165) is 64.5 Å². The summed E-state index contributed by atoms with van der Waals surface area (Å²) in [6.45, 7) is 23.4. The molecule has 304 valence electrons. The SMILES string of the molecule is CC(C)(C)NC(=O)CCCCCN1/C(=C/C=C2\CCC(/C=C/C3=[N+](CCCCCC(=O)NC(C)(C)C)c4ccccc4C3(C)C)C2Cl)C(C)(C)c2ccccc21. The molecule has 7 heteroatoms. The van der Waals surface area contributed by atoms with E-state index in [2.05, 4.69) is 121 Å². The molecule has 2 aliphatic heterocycles. The van der Waals surface area contributed by atoms with E-state index >= 15 is 0 Å². The van der Waals surface area contributed by atoms with Crippen molar-refractivity contribution in [3.8, 4) is 0 Å². The molecule has 2 N–H and O–H groups in total. The molecule has 0 aromatic heterocycles. The van der Waals surface area contributed by atoms with Crippen molar-refractivity contribution >= 4 is 40.5 Å². The van der Waals surface area contributed by atoms with Crippen molar-refractivity contribution in [2.75, 3.05) is 18.0 Å². The summed E-state index contributed by atoms with van der Waals surface area (Å²) in [6.07, 6.45) is 18.4. The summed E-state index contributed by atoms with van der Waals surface area (Å²) in [7, 11) is 0. The Morgan fingerprint density at radius 1 is 0.786 bits per heavy atom. The van der Waals surface area contributed by atoms with Crippen LogP contribution in [0.3, 0.4) is 0 Å². The summed E-state index contributed by atoms with van der Waals surface area (Å²) in [4.78, 5) is 27.3. The van der Waals surface area contributed by atoms with E-state index in [1.807, 2.05) is 41.5 Å². The monoisotopic (exact) mass is 782 g/mol. The molecule has 1 fully saturated rings. The number of alkyl halides is 1. The number of fused-ring (bicyclic) bond motifs is 2. The number of nitrogens with one attached hydrogen (secondary N) is 2. The second kappa shape index (κ2) is 17.9. The number of halogens is 1. The Kier molecular flexibility index (Phi) is 13.9. The summed E-state index contributed by atoms with van der Waals surface area (Å²) >= 11 is 7.33. The molecule has 2 heterocycles. The first-order valence-electron chi connectivity index (χ1n) is 21.3. The Hall–Kier alpha value is -3.64. The first-order chi connectivity index (χ1) is 26.3. The fourth-order valence-electron chi connectivity index (χ4n) is 8.85. The Morgan fingerprint density at radius 3 is 2.02 bits per heavy atom. The Bertz CT molecular complexity index is 1850. The zero-order valence-electron chi connectivity index (χ0n) is 36.2. The normalized spacial score (nSPS) is 21.7. The number of carbonyl (C=O) groups excluding carboxylic acids is 2. The molecular weight excluding hydrogens is 712 g/mol. The van der Waals surface area contributed by atoms with E-state index in [9.17, 15) is 9.59 Å². The highest BCUT2D eigenvalue weighted by Gasteiger charge is 2.44. The number of hydrogen-bond acceptors (Lipinski definition) is 3. The summed E-state index contributed by atoms with van der Waals surface area (Å²) in [6, 6.07) is 17.6. The highest BCUT2D eigenvalue weighted by Crippen LogP contribution is 2.48. The zero-order valence-corrected chi connectivity index (χ0v) is 36.9. The molecule has 0 saturated heterocycles. The van der Waals surface area contributed by atoms with Crippen molar-refractivity contribution in [1.82, 2.24) is 10.6 Å². The van der Waals surface area contributed by atoms with Gasteiger partial charge in [-0.2, -0.15) is 4.58 Å². The second-order valence-corrected chi connectivity index (χ2v) is 19.9. The molecule has 0 spiro atoms. The van der Waals surface area contributed by atoms with Crippen LogP contribution in [-0.2, 0) is 20.4 Å². The van der Waals surface area contributed by atoms with Crippen LogP contribution in [0, 0.1) is 5.92 Å². The zero-order chi connectivity index (χ0) is 40.9. The Morgan fingerprint density at radius 2 is 1.38 bits per heavy atom. The predicted molar refractivity (Wildman–Crippen MR) is 236 cm³/mol. The maximum Gasteiger partial charge on any atom is 0.220 e. The molecule has 2 aromatic carbocycles. The molecule has 6 nitrogen and oxygen atoms in total. The van der Waals surface area contributed by atoms with Gasteiger partial charge in [0.25, 0.3) is 0 Å². The molecule has 2 unspecified atom stereocenters. The smallest absolute Gasteiger partial charge is 0.220 e. The predicted octanol–water partition coefficient (Wildman–Crippen LogP) is 11.2. The quantitative estimate of drug-likeness (QED) is 0.107. The van der Waals surface area contributed by atoms with E-state index < -0.39 is 0 Å². The number of para-hydroxylation sites is 2. The van der Waals surface area contributed by atoms with Crippen LogP contribution in [0.4, 0.5) is 11.4 Å². The van der Waals surface area contributed by atoms with Crippen molar-refractivity contribution in [1.29, 1.82) is 0 Å². The van der Waals surface area contributed by atoms with Crippen molar-refractivity contribution in [3.05, 3.63) is 95.2 Å². The largest absolute Gasteiger partial charge is 0.352 e. The minimum absolute atomic E-state index is 0.0529. The van der Waals surface area contributed by atoms with Crippen molar-refractivity contribution < 1.29 is 14.2 Å². The van der Waals surface area contributed by atoms with Gasteiger partial charge >= 0.3 is 0 Å². The minimum Gasteiger partial charge on any atom is -0.352 e. The number of anilines is 1. The first kappa shape index (κ1) is 43.5. The van der Waals surface area contributed by atoms with Crippen LogP contribution in [0.2, 0.25) is 0 Å². The van der Waals surface area contributed by atoms with Crippen LogP contribution in [0.15, 0.2) is 84.1 Å². The summed E-state index contributed by atoms with van der Waals surface area (Å²) in [5, 5.41) is 6.12. The summed E-state index contributed by atoms with van der Waals surface area (Å²) in [5.74, 6) is 0.533. The highest BCUT2D eigenvalue weighted by molar-refractivity contribution is 6.23. The number of rotatable bonds is 15. The fraction of sp³-hybridized carbons (Fsp3) is 0.571. The number of allylic oxidation sites excluding steroid dienone is 6. The third kappa shape index (κ3) is 10.6. The van der Waals surface area contributed by atoms with Crippen molar-refractivity contribution in [3.63, 3.8) is 0 Å². The number of benzene rings is 2. The van der Waals surface area contributed by atoms with Crippen LogP contribution in [0.25, 0.3) is 0 Å². The lowest BCUT2D eigenvalue weighted by molar-refractivity contribution is -0.438. The lowest BCUT2D eigenvalue weighted by Crippen LogP contribution is -2.40. The molecule has 3 aliphatic rings. The van der Waals surface area contributed by atoms with Gasteiger partial charge in [-0.15, -0.1) is 11.6 Å². The lowest BCUT2D eigenvalue weighted by atomic mass is 9.81. The number of carbonyl (C=O) groups is 2. The molecule has 0 radical (unpaired) electrons. The van der Waals surface area contributed by atoms with E-state index in [4.69, 9.17) is 11.6 Å². The van der Waals surface area contributed by atoms with E-state index in [1.54, 1.807) is 0 Å². The molecule has 0 bridgehead atoms. The third-order valence-electron chi connectivity index (χ3n) is 11.7. The maximum absolute atomic E-state index is 12.4. The second-order valence-electron chi connectivity index (χ2n) is 19.4. The van der Waals surface area contributed by atoms with Gasteiger partial charge in [0, 0.05) is 71.4 Å². The first-order valence-corrected chi connectivity index (χ1v) is 21.7. The van der Waals surface area contributed by atoms with Crippen LogP contribution in [-0.4, -0.2) is 51.6 Å². The third-order valence-corrected chi connectivity index (χ3v) is 12.3. The summed E-state index contributed by atoms with van der Waals surface area (Å²) in [5.41, 5.74) is 8.61. The van der Waals surface area contributed by atoms with E-state index in [0.29, 0.717) is 12.8 Å².